The van der Waals surface area contributed by atoms with Crippen molar-refractivity contribution in [1.29, 1.82) is 0 Å². The summed E-state index contributed by atoms with van der Waals surface area (Å²) in [6, 6.07) is 0. The van der Waals surface area contributed by atoms with E-state index in [1.54, 1.807) is 6.92 Å². The van der Waals surface area contributed by atoms with Crippen LogP contribution in [0.15, 0.2) is 0 Å². The van der Waals surface area contributed by atoms with Crippen molar-refractivity contribution >= 4 is 16.2 Å². The Labute approximate surface area is 114 Å². The number of rotatable bonds is 7. The highest BCUT2D eigenvalue weighted by Crippen LogP contribution is 2.11. The molecule has 0 aliphatic carbocycles. The molecule has 7 nitrogen and oxygen atoms in total. The Morgan fingerprint density at radius 1 is 1.32 bits per heavy atom. The molecule has 1 heterocycles. The normalized spacial score (nSPS) is 17.6. The zero-order valence-electron chi connectivity index (χ0n) is 11.5. The van der Waals surface area contributed by atoms with E-state index in [1.165, 1.54) is 8.61 Å². The summed E-state index contributed by atoms with van der Waals surface area (Å²) in [5.74, 6) is -0.521. The van der Waals surface area contributed by atoms with Crippen LogP contribution in [-0.4, -0.2) is 69.0 Å². The van der Waals surface area contributed by atoms with Crippen molar-refractivity contribution in [2.45, 2.75) is 20.3 Å². The van der Waals surface area contributed by atoms with Gasteiger partial charge in [-0.15, -0.1) is 0 Å². The fraction of sp³-hybridized carbons (Fsp3) is 0.909. The lowest BCUT2D eigenvalue weighted by atomic mass is 10.5. The summed E-state index contributed by atoms with van der Waals surface area (Å²) >= 11 is 0. The van der Waals surface area contributed by atoms with Crippen LogP contribution >= 0.6 is 0 Å². The van der Waals surface area contributed by atoms with Gasteiger partial charge in [0, 0.05) is 19.6 Å². The quantitative estimate of drug-likeness (QED) is 0.610. The van der Waals surface area contributed by atoms with Gasteiger partial charge < -0.3 is 9.47 Å². The van der Waals surface area contributed by atoms with Gasteiger partial charge in [-0.3, -0.25) is 4.79 Å². The van der Waals surface area contributed by atoms with Gasteiger partial charge in [0.25, 0.3) is 10.2 Å². The first kappa shape index (κ1) is 16.4. The van der Waals surface area contributed by atoms with Crippen LogP contribution in [0.3, 0.4) is 0 Å². The van der Waals surface area contributed by atoms with Crippen molar-refractivity contribution in [3.05, 3.63) is 0 Å². The van der Waals surface area contributed by atoms with E-state index in [4.69, 9.17) is 9.47 Å². The maximum atomic E-state index is 12.4. The average molecular weight is 294 g/mol. The lowest BCUT2D eigenvalue weighted by Gasteiger charge is -2.31. The molecular formula is C11H22N2O5S. The minimum absolute atomic E-state index is 0.235. The number of ether oxygens (including phenoxy) is 2. The first-order valence-electron chi connectivity index (χ1n) is 6.51. The molecule has 1 rings (SSSR count). The lowest BCUT2D eigenvalue weighted by Crippen LogP contribution is -2.50. The van der Waals surface area contributed by atoms with Crippen molar-refractivity contribution in [1.82, 2.24) is 8.61 Å². The van der Waals surface area contributed by atoms with Gasteiger partial charge in [0.05, 0.1) is 19.8 Å². The van der Waals surface area contributed by atoms with Crippen LogP contribution in [0.2, 0.25) is 0 Å². The zero-order valence-corrected chi connectivity index (χ0v) is 12.3. The topological polar surface area (TPSA) is 76.2 Å². The molecule has 8 heteroatoms. The Bertz CT molecular complexity index is 379. The predicted molar refractivity (Wildman–Crippen MR) is 69.8 cm³/mol. The molecule has 0 spiro atoms. The average Bonchev–Trinajstić information content (AvgIpc) is 2.39. The fourth-order valence-corrected chi connectivity index (χ4v) is 3.44. The van der Waals surface area contributed by atoms with Crippen LogP contribution in [0.25, 0.3) is 0 Å². The number of esters is 1. The second kappa shape index (κ2) is 7.78. The molecular weight excluding hydrogens is 272 g/mol. The van der Waals surface area contributed by atoms with Crippen molar-refractivity contribution in [3.8, 4) is 0 Å². The summed E-state index contributed by atoms with van der Waals surface area (Å²) in [7, 11) is -3.61. The molecule has 0 atom stereocenters. The Morgan fingerprint density at radius 2 is 1.95 bits per heavy atom. The first-order chi connectivity index (χ1) is 9.02. The van der Waals surface area contributed by atoms with Gasteiger partial charge in [-0.05, 0) is 13.3 Å². The lowest BCUT2D eigenvalue weighted by molar-refractivity contribution is -0.143. The SMILES string of the molecule is CCCN(CC(=O)OCC)S(=O)(=O)N1CCOCC1. The number of morpholine rings is 1. The van der Waals surface area contributed by atoms with Crippen LogP contribution < -0.4 is 0 Å². The molecule has 0 amide bonds. The van der Waals surface area contributed by atoms with Crippen LogP contribution in [0.1, 0.15) is 20.3 Å². The van der Waals surface area contributed by atoms with E-state index < -0.39 is 16.2 Å². The van der Waals surface area contributed by atoms with E-state index >= 15 is 0 Å². The van der Waals surface area contributed by atoms with Crippen molar-refractivity contribution in [3.63, 3.8) is 0 Å². The molecule has 1 aliphatic heterocycles. The molecule has 0 saturated carbocycles. The molecule has 19 heavy (non-hydrogen) atoms. The molecule has 1 fully saturated rings. The second-order valence-corrected chi connectivity index (χ2v) is 6.09. The van der Waals surface area contributed by atoms with Gasteiger partial charge in [0.15, 0.2) is 0 Å². The predicted octanol–water partition coefficient (Wildman–Crippen LogP) is -0.161. The highest BCUT2D eigenvalue weighted by atomic mass is 32.2. The third kappa shape index (κ3) is 4.72. The van der Waals surface area contributed by atoms with Gasteiger partial charge in [0.1, 0.15) is 6.54 Å². The number of hydrogen-bond acceptors (Lipinski definition) is 5. The summed E-state index contributed by atoms with van der Waals surface area (Å²) in [4.78, 5) is 11.5. The molecule has 0 aromatic heterocycles. The summed E-state index contributed by atoms with van der Waals surface area (Å²) in [5, 5.41) is 0. The highest BCUT2D eigenvalue weighted by molar-refractivity contribution is 7.86. The largest absolute Gasteiger partial charge is 0.465 e. The number of nitrogens with zero attached hydrogens (tertiary/aromatic N) is 2. The fourth-order valence-electron chi connectivity index (χ4n) is 1.82. The van der Waals surface area contributed by atoms with Crippen molar-refractivity contribution < 1.29 is 22.7 Å². The first-order valence-corrected chi connectivity index (χ1v) is 7.90. The standard InChI is InChI=1S/C11H22N2O5S/c1-3-5-13(10-11(14)18-4-2)19(15,16)12-6-8-17-9-7-12/h3-10H2,1-2H3. The Morgan fingerprint density at radius 3 is 2.47 bits per heavy atom. The van der Waals surface area contributed by atoms with Crippen LogP contribution in [0.5, 0.6) is 0 Å². The van der Waals surface area contributed by atoms with E-state index in [0.717, 1.165) is 0 Å². The minimum atomic E-state index is -3.61. The van der Waals surface area contributed by atoms with Crippen molar-refractivity contribution in [2.24, 2.45) is 0 Å². The maximum absolute atomic E-state index is 12.4. The van der Waals surface area contributed by atoms with E-state index in [2.05, 4.69) is 0 Å². The zero-order chi connectivity index (χ0) is 14.3. The molecule has 0 N–H and O–H groups in total. The van der Waals surface area contributed by atoms with Crippen LogP contribution in [-0.2, 0) is 24.5 Å². The molecule has 0 unspecified atom stereocenters. The van der Waals surface area contributed by atoms with E-state index in [0.29, 0.717) is 39.3 Å². The molecule has 0 bridgehead atoms. The molecule has 0 aromatic rings. The third-order valence-electron chi connectivity index (χ3n) is 2.71. The number of hydrogen-bond donors (Lipinski definition) is 0. The van der Waals surface area contributed by atoms with Gasteiger partial charge in [-0.1, -0.05) is 6.92 Å². The molecule has 1 aliphatic rings. The monoisotopic (exact) mass is 294 g/mol. The van der Waals surface area contributed by atoms with E-state index in [1.807, 2.05) is 6.92 Å². The number of carbonyl (C=O) groups is 1. The Hall–Kier alpha value is -0.700. The minimum Gasteiger partial charge on any atom is -0.465 e. The van der Waals surface area contributed by atoms with Crippen molar-refractivity contribution in [2.75, 3.05) is 46.0 Å². The van der Waals surface area contributed by atoms with Crippen LogP contribution in [0.4, 0.5) is 0 Å². The number of carbonyl (C=O) groups excluding carboxylic acids is 1. The van der Waals surface area contributed by atoms with Gasteiger partial charge >= 0.3 is 5.97 Å². The molecule has 112 valence electrons. The highest BCUT2D eigenvalue weighted by Gasteiger charge is 2.32. The summed E-state index contributed by atoms with van der Waals surface area (Å²) in [6.07, 6.45) is 0.642. The molecule has 1 saturated heterocycles. The summed E-state index contributed by atoms with van der Waals surface area (Å²) < 4.78 is 37.3. The smallest absolute Gasteiger partial charge is 0.321 e. The Kier molecular flexibility index (Phi) is 6.70. The summed E-state index contributed by atoms with van der Waals surface area (Å²) in [5.41, 5.74) is 0. The maximum Gasteiger partial charge on any atom is 0.321 e. The van der Waals surface area contributed by atoms with Crippen LogP contribution in [0, 0.1) is 0 Å². The third-order valence-corrected chi connectivity index (χ3v) is 4.69. The van der Waals surface area contributed by atoms with E-state index in [-0.39, 0.29) is 13.2 Å². The second-order valence-electron chi connectivity index (χ2n) is 4.16. The van der Waals surface area contributed by atoms with E-state index in [9.17, 15) is 13.2 Å². The molecule has 0 radical (unpaired) electrons. The Balaban J connectivity index is 2.74. The van der Waals surface area contributed by atoms with Gasteiger partial charge in [-0.25, -0.2) is 0 Å². The molecule has 0 aromatic carbocycles. The van der Waals surface area contributed by atoms with Gasteiger partial charge in [0.2, 0.25) is 0 Å². The summed E-state index contributed by atoms with van der Waals surface area (Å²) in [6.45, 7) is 5.30. The van der Waals surface area contributed by atoms with Gasteiger partial charge in [-0.2, -0.15) is 17.0 Å².